The van der Waals surface area contributed by atoms with Crippen molar-refractivity contribution in [3.05, 3.63) is 48.7 Å². The van der Waals surface area contributed by atoms with E-state index < -0.39 is 10.0 Å². The average Bonchev–Trinajstić information content (AvgIpc) is 2.91. The number of benzene rings is 2. The predicted octanol–water partition coefficient (Wildman–Crippen LogP) is 2.37. The van der Waals surface area contributed by atoms with Gasteiger partial charge in [-0.3, -0.25) is 4.98 Å². The lowest BCUT2D eigenvalue weighted by molar-refractivity contribution is 0.432. The summed E-state index contributed by atoms with van der Waals surface area (Å²) in [4.78, 5) is 4.78. The van der Waals surface area contributed by atoms with Crippen LogP contribution in [0.5, 0.6) is 0 Å². The van der Waals surface area contributed by atoms with Gasteiger partial charge in [0.15, 0.2) is 0 Å². The fourth-order valence-electron chi connectivity index (χ4n) is 3.21. The van der Waals surface area contributed by atoms with Gasteiger partial charge >= 0.3 is 0 Å². The van der Waals surface area contributed by atoms with E-state index in [1.807, 2.05) is 30.5 Å². The van der Waals surface area contributed by atoms with Gasteiger partial charge in [0.1, 0.15) is 0 Å². The van der Waals surface area contributed by atoms with Crippen LogP contribution >= 0.6 is 0 Å². The fraction of sp³-hybridized carbons (Fsp3) is 0.278. The molecule has 2 aromatic carbocycles. The fourth-order valence-corrected chi connectivity index (χ4v) is 4.71. The van der Waals surface area contributed by atoms with E-state index in [0.29, 0.717) is 24.5 Å². The first-order valence-corrected chi connectivity index (χ1v) is 9.59. The van der Waals surface area contributed by atoms with Crippen molar-refractivity contribution in [2.24, 2.45) is 0 Å². The van der Waals surface area contributed by atoms with Gasteiger partial charge in [-0.1, -0.05) is 24.3 Å². The molecular weight excluding hydrogens is 322 g/mol. The Labute approximate surface area is 141 Å². The Morgan fingerprint density at radius 3 is 2.79 bits per heavy atom. The normalized spacial score (nSPS) is 17.2. The van der Waals surface area contributed by atoms with Gasteiger partial charge in [0.25, 0.3) is 0 Å². The minimum Gasteiger partial charge on any atom is -0.315 e. The van der Waals surface area contributed by atoms with Gasteiger partial charge in [-0.15, -0.1) is 0 Å². The lowest BCUT2D eigenvalue weighted by atomic mass is 10.1. The van der Waals surface area contributed by atoms with Gasteiger partial charge in [0.05, 0.1) is 10.4 Å². The van der Waals surface area contributed by atoms with Gasteiger partial charge in [-0.05, 0) is 36.6 Å². The zero-order valence-corrected chi connectivity index (χ0v) is 14.1. The lowest BCUT2D eigenvalue weighted by Crippen LogP contribution is -2.34. The third-order valence-electron chi connectivity index (χ3n) is 4.50. The van der Waals surface area contributed by atoms with Crippen LogP contribution in [-0.4, -0.2) is 43.9 Å². The van der Waals surface area contributed by atoms with E-state index in [-0.39, 0.29) is 0 Å². The molecule has 1 aliphatic rings. The van der Waals surface area contributed by atoms with Crippen LogP contribution in [-0.2, 0) is 10.0 Å². The van der Waals surface area contributed by atoms with E-state index in [1.54, 1.807) is 22.5 Å². The maximum Gasteiger partial charge on any atom is 0.243 e. The molecule has 0 saturated carbocycles. The maximum absolute atomic E-state index is 13.0. The second-order valence-electron chi connectivity index (χ2n) is 6.03. The molecule has 0 radical (unpaired) electrons. The summed E-state index contributed by atoms with van der Waals surface area (Å²) in [6.07, 6.45) is 2.66. The Hall–Kier alpha value is -2.02. The molecule has 1 aromatic heterocycles. The Bertz CT molecular complexity index is 993. The number of hydrogen-bond acceptors (Lipinski definition) is 4. The average molecular weight is 341 g/mol. The molecule has 0 aliphatic carbocycles. The van der Waals surface area contributed by atoms with Crippen molar-refractivity contribution in [3.63, 3.8) is 0 Å². The van der Waals surface area contributed by atoms with Crippen molar-refractivity contribution >= 4 is 31.7 Å². The molecule has 0 bridgehead atoms. The standard InChI is InChI=1S/C18H19N3O2S/c22-24(23,21-10-3-8-19-9-11-21)15-6-7-18-17(12-15)16-5-2-1-4-14(16)13-20-18/h1-2,4-7,12-13,19H,3,8-11H2. The van der Waals surface area contributed by atoms with Crippen molar-refractivity contribution in [3.8, 4) is 0 Å². The first kappa shape index (κ1) is 15.5. The number of nitrogens with one attached hydrogen (secondary N) is 1. The smallest absolute Gasteiger partial charge is 0.243 e. The van der Waals surface area contributed by atoms with Crippen LogP contribution in [0, 0.1) is 0 Å². The first-order chi connectivity index (χ1) is 11.7. The van der Waals surface area contributed by atoms with E-state index in [0.717, 1.165) is 34.6 Å². The Morgan fingerprint density at radius 2 is 1.88 bits per heavy atom. The third kappa shape index (κ3) is 2.66. The summed E-state index contributed by atoms with van der Waals surface area (Å²) in [6.45, 7) is 2.62. The molecule has 1 aliphatic heterocycles. The van der Waals surface area contributed by atoms with E-state index >= 15 is 0 Å². The number of hydrogen-bond donors (Lipinski definition) is 1. The lowest BCUT2D eigenvalue weighted by Gasteiger charge is -2.20. The summed E-state index contributed by atoms with van der Waals surface area (Å²) in [5, 5.41) is 6.15. The number of fused-ring (bicyclic) bond motifs is 3. The summed E-state index contributed by atoms with van der Waals surface area (Å²) in [5.41, 5.74) is 0.810. The summed E-state index contributed by atoms with van der Waals surface area (Å²) in [5.74, 6) is 0. The number of aromatic nitrogens is 1. The number of pyridine rings is 1. The SMILES string of the molecule is O=S(=O)(c1ccc2ncc3ccccc3c2c1)N1CCCNCC1. The molecule has 1 fully saturated rings. The monoisotopic (exact) mass is 341 g/mol. The van der Waals surface area contributed by atoms with E-state index in [4.69, 9.17) is 0 Å². The van der Waals surface area contributed by atoms with Gasteiger partial charge in [0.2, 0.25) is 10.0 Å². The molecule has 1 N–H and O–H groups in total. The molecule has 4 rings (SSSR count). The molecule has 1 saturated heterocycles. The van der Waals surface area contributed by atoms with E-state index in [2.05, 4.69) is 10.3 Å². The summed E-state index contributed by atoms with van der Waals surface area (Å²) in [6, 6.07) is 13.1. The maximum atomic E-state index is 13.0. The second-order valence-corrected chi connectivity index (χ2v) is 7.97. The number of rotatable bonds is 2. The van der Waals surface area contributed by atoms with Gasteiger partial charge in [-0.25, -0.2) is 8.42 Å². The molecule has 6 heteroatoms. The van der Waals surface area contributed by atoms with Crippen LogP contribution in [0.2, 0.25) is 0 Å². The summed E-state index contributed by atoms with van der Waals surface area (Å²) >= 11 is 0. The Kier molecular flexibility index (Phi) is 3.96. The quantitative estimate of drug-likeness (QED) is 0.727. The van der Waals surface area contributed by atoms with Crippen LogP contribution in [0.4, 0.5) is 0 Å². The highest BCUT2D eigenvalue weighted by atomic mass is 32.2. The summed E-state index contributed by atoms with van der Waals surface area (Å²) < 4.78 is 27.6. The highest BCUT2D eigenvalue weighted by molar-refractivity contribution is 7.89. The molecule has 0 atom stereocenters. The Balaban J connectivity index is 1.85. The molecular formula is C18H19N3O2S. The van der Waals surface area contributed by atoms with Crippen molar-refractivity contribution in [1.82, 2.24) is 14.6 Å². The molecule has 2 heterocycles. The number of nitrogens with zero attached hydrogens (tertiary/aromatic N) is 2. The van der Waals surface area contributed by atoms with Crippen molar-refractivity contribution in [1.29, 1.82) is 0 Å². The van der Waals surface area contributed by atoms with E-state index in [1.165, 1.54) is 0 Å². The minimum absolute atomic E-state index is 0.343. The molecule has 5 nitrogen and oxygen atoms in total. The van der Waals surface area contributed by atoms with Crippen molar-refractivity contribution in [2.45, 2.75) is 11.3 Å². The van der Waals surface area contributed by atoms with E-state index in [9.17, 15) is 8.42 Å². The predicted molar refractivity (Wildman–Crippen MR) is 95.5 cm³/mol. The molecule has 0 amide bonds. The highest BCUT2D eigenvalue weighted by Gasteiger charge is 2.25. The molecule has 0 unspecified atom stereocenters. The highest BCUT2D eigenvalue weighted by Crippen LogP contribution is 2.27. The molecule has 124 valence electrons. The van der Waals surface area contributed by atoms with Crippen LogP contribution in [0.15, 0.2) is 53.6 Å². The van der Waals surface area contributed by atoms with Gasteiger partial charge in [0, 0.05) is 36.6 Å². The molecule has 3 aromatic rings. The van der Waals surface area contributed by atoms with Crippen LogP contribution in [0.1, 0.15) is 6.42 Å². The molecule has 24 heavy (non-hydrogen) atoms. The zero-order valence-electron chi connectivity index (χ0n) is 13.3. The topological polar surface area (TPSA) is 62.3 Å². The second kappa shape index (κ2) is 6.12. The van der Waals surface area contributed by atoms with Crippen molar-refractivity contribution in [2.75, 3.05) is 26.2 Å². The molecule has 0 spiro atoms. The first-order valence-electron chi connectivity index (χ1n) is 8.15. The van der Waals surface area contributed by atoms with Crippen LogP contribution in [0.3, 0.4) is 0 Å². The van der Waals surface area contributed by atoms with Crippen LogP contribution in [0.25, 0.3) is 21.7 Å². The van der Waals surface area contributed by atoms with Crippen molar-refractivity contribution < 1.29 is 8.42 Å². The van der Waals surface area contributed by atoms with Gasteiger partial charge in [-0.2, -0.15) is 4.31 Å². The minimum atomic E-state index is -3.48. The summed E-state index contributed by atoms with van der Waals surface area (Å²) in [7, 11) is -3.48. The third-order valence-corrected chi connectivity index (χ3v) is 6.39. The van der Waals surface area contributed by atoms with Gasteiger partial charge < -0.3 is 5.32 Å². The largest absolute Gasteiger partial charge is 0.315 e. The Morgan fingerprint density at radius 1 is 1.00 bits per heavy atom. The zero-order chi connectivity index (χ0) is 16.6. The van der Waals surface area contributed by atoms with Crippen LogP contribution < -0.4 is 5.32 Å². The number of sulfonamides is 1.